The van der Waals surface area contributed by atoms with Gasteiger partial charge in [0.2, 0.25) is 0 Å². The number of nitrogens with zero attached hydrogens (tertiary/aromatic N) is 4. The van der Waals surface area contributed by atoms with Crippen LogP contribution in [0.25, 0.3) is 10.9 Å². The quantitative estimate of drug-likeness (QED) is 0.775. The zero-order chi connectivity index (χ0) is 18.2. The molecular weight excluding hydrogens is 340 g/mol. The highest BCUT2D eigenvalue weighted by Crippen LogP contribution is 2.31. The van der Waals surface area contributed by atoms with Gasteiger partial charge in [0.15, 0.2) is 0 Å². The molecule has 0 saturated carbocycles. The number of carbonyl (C=O) groups excluding carboxylic acids is 1. The molecule has 1 aromatic carbocycles. The van der Waals surface area contributed by atoms with Crippen molar-refractivity contribution in [3.8, 4) is 0 Å². The van der Waals surface area contributed by atoms with Gasteiger partial charge in [-0.2, -0.15) is 0 Å². The van der Waals surface area contributed by atoms with Gasteiger partial charge in [0.1, 0.15) is 11.4 Å². The van der Waals surface area contributed by atoms with Crippen molar-refractivity contribution >= 4 is 34.3 Å². The summed E-state index contributed by atoms with van der Waals surface area (Å²) in [4.78, 5) is 24.8. The van der Waals surface area contributed by atoms with E-state index in [4.69, 9.17) is 16.3 Å². The first-order valence-electron chi connectivity index (χ1n) is 8.39. The van der Waals surface area contributed by atoms with E-state index < -0.39 is 5.60 Å². The molecule has 0 N–H and O–H groups in total. The molecule has 3 rings (SSSR count). The molecule has 1 saturated heterocycles. The molecule has 1 aromatic heterocycles. The highest BCUT2D eigenvalue weighted by Gasteiger charge is 2.26. The number of hydrogen-bond donors (Lipinski definition) is 0. The van der Waals surface area contributed by atoms with Crippen LogP contribution in [0.1, 0.15) is 26.6 Å². The van der Waals surface area contributed by atoms with Crippen molar-refractivity contribution in [1.82, 2.24) is 14.9 Å². The predicted octanol–water partition coefficient (Wildman–Crippen LogP) is 3.65. The van der Waals surface area contributed by atoms with Gasteiger partial charge in [-0.05, 0) is 39.8 Å². The topological polar surface area (TPSA) is 58.6 Å². The molecule has 0 bridgehead atoms. The summed E-state index contributed by atoms with van der Waals surface area (Å²) in [7, 11) is 0. The zero-order valence-electron chi connectivity index (χ0n) is 15.0. The van der Waals surface area contributed by atoms with E-state index in [1.165, 1.54) is 0 Å². The molecule has 25 heavy (non-hydrogen) atoms. The Labute approximate surface area is 152 Å². The average molecular weight is 363 g/mol. The molecule has 6 nitrogen and oxygen atoms in total. The number of anilines is 1. The summed E-state index contributed by atoms with van der Waals surface area (Å²) in [5, 5.41) is 1.59. The number of aryl methyl sites for hydroxylation is 1. The maximum absolute atomic E-state index is 12.2. The van der Waals surface area contributed by atoms with E-state index in [0.29, 0.717) is 31.2 Å². The number of fused-ring (bicyclic) bond motifs is 1. The molecule has 1 aliphatic rings. The van der Waals surface area contributed by atoms with Crippen LogP contribution in [0.2, 0.25) is 5.02 Å². The van der Waals surface area contributed by atoms with Gasteiger partial charge >= 0.3 is 6.09 Å². The van der Waals surface area contributed by atoms with Crippen molar-refractivity contribution in [2.75, 3.05) is 31.1 Å². The molecule has 2 heterocycles. The van der Waals surface area contributed by atoms with Crippen molar-refractivity contribution in [1.29, 1.82) is 0 Å². The van der Waals surface area contributed by atoms with E-state index in [1.54, 1.807) is 11.1 Å². The van der Waals surface area contributed by atoms with Gasteiger partial charge < -0.3 is 14.5 Å². The normalized spacial score (nSPS) is 15.6. The van der Waals surface area contributed by atoms with Gasteiger partial charge in [0.05, 0.1) is 16.2 Å². The lowest BCUT2D eigenvalue weighted by molar-refractivity contribution is 0.0240. The summed E-state index contributed by atoms with van der Waals surface area (Å²) in [6, 6.07) is 3.89. The molecule has 0 aliphatic carbocycles. The first kappa shape index (κ1) is 17.7. The second-order valence-corrected chi connectivity index (χ2v) is 7.64. The molecule has 7 heteroatoms. The van der Waals surface area contributed by atoms with Crippen LogP contribution in [0, 0.1) is 6.92 Å². The van der Waals surface area contributed by atoms with Crippen LogP contribution >= 0.6 is 11.6 Å². The van der Waals surface area contributed by atoms with E-state index in [2.05, 4.69) is 14.9 Å². The van der Waals surface area contributed by atoms with Gasteiger partial charge in [-0.3, -0.25) is 0 Å². The Balaban J connectivity index is 1.73. The number of aromatic nitrogens is 2. The molecule has 0 spiro atoms. The third-order valence-corrected chi connectivity index (χ3v) is 4.34. The number of piperazine rings is 1. The summed E-state index contributed by atoms with van der Waals surface area (Å²) in [6.07, 6.45) is 1.52. The predicted molar refractivity (Wildman–Crippen MR) is 99.3 cm³/mol. The highest BCUT2D eigenvalue weighted by atomic mass is 35.5. The average Bonchev–Trinajstić information content (AvgIpc) is 2.53. The van der Waals surface area contributed by atoms with Gasteiger partial charge in [0, 0.05) is 37.8 Å². The first-order valence-corrected chi connectivity index (χ1v) is 8.76. The number of benzene rings is 1. The van der Waals surface area contributed by atoms with Crippen molar-refractivity contribution in [2.24, 2.45) is 0 Å². The van der Waals surface area contributed by atoms with Gasteiger partial charge in [-0.1, -0.05) is 11.6 Å². The molecular formula is C18H23ClN4O2. The van der Waals surface area contributed by atoms with Crippen LogP contribution in [-0.2, 0) is 4.74 Å². The number of hydrogen-bond acceptors (Lipinski definition) is 5. The van der Waals surface area contributed by atoms with Gasteiger partial charge in [-0.25, -0.2) is 14.8 Å². The van der Waals surface area contributed by atoms with E-state index >= 15 is 0 Å². The van der Waals surface area contributed by atoms with Crippen molar-refractivity contribution in [3.63, 3.8) is 0 Å². The molecule has 134 valence electrons. The van der Waals surface area contributed by atoms with Crippen molar-refractivity contribution < 1.29 is 9.53 Å². The van der Waals surface area contributed by atoms with Crippen molar-refractivity contribution in [2.45, 2.75) is 33.3 Å². The Kier molecular flexibility index (Phi) is 4.73. The fourth-order valence-electron chi connectivity index (χ4n) is 2.83. The number of amides is 1. The number of ether oxygens (including phenoxy) is 1. The number of rotatable bonds is 1. The minimum Gasteiger partial charge on any atom is -0.444 e. The van der Waals surface area contributed by atoms with Crippen molar-refractivity contribution in [3.05, 3.63) is 29.2 Å². The van der Waals surface area contributed by atoms with Gasteiger partial charge in [0.25, 0.3) is 0 Å². The minimum atomic E-state index is -0.479. The van der Waals surface area contributed by atoms with Crippen LogP contribution in [0.15, 0.2) is 18.3 Å². The zero-order valence-corrected chi connectivity index (χ0v) is 15.8. The van der Waals surface area contributed by atoms with Crippen LogP contribution in [-0.4, -0.2) is 52.7 Å². The van der Waals surface area contributed by atoms with Crippen LogP contribution in [0.4, 0.5) is 10.5 Å². The second kappa shape index (κ2) is 6.67. The second-order valence-electron chi connectivity index (χ2n) is 7.23. The SMILES string of the molecule is Cc1ncc2cc(Cl)c(N3CCN(C(=O)OC(C)(C)C)CC3)cc2n1. The third-order valence-electron chi connectivity index (χ3n) is 4.04. The Morgan fingerprint density at radius 2 is 1.88 bits per heavy atom. The summed E-state index contributed by atoms with van der Waals surface area (Å²) in [6.45, 7) is 10.1. The lowest BCUT2D eigenvalue weighted by atomic mass is 10.2. The lowest BCUT2D eigenvalue weighted by Crippen LogP contribution is -2.50. The minimum absolute atomic E-state index is 0.264. The summed E-state index contributed by atoms with van der Waals surface area (Å²) >= 11 is 6.46. The summed E-state index contributed by atoms with van der Waals surface area (Å²) in [5.74, 6) is 0.732. The molecule has 0 radical (unpaired) electrons. The van der Waals surface area contributed by atoms with Crippen LogP contribution in [0.5, 0.6) is 0 Å². The maximum Gasteiger partial charge on any atom is 0.410 e. The lowest BCUT2D eigenvalue weighted by Gasteiger charge is -2.37. The first-order chi connectivity index (χ1) is 11.7. The van der Waals surface area contributed by atoms with Crippen LogP contribution < -0.4 is 4.90 Å². The Morgan fingerprint density at radius 1 is 1.20 bits per heavy atom. The Hall–Kier alpha value is -2.08. The number of carbonyl (C=O) groups is 1. The Morgan fingerprint density at radius 3 is 2.52 bits per heavy atom. The summed E-state index contributed by atoms with van der Waals surface area (Å²) in [5.41, 5.74) is 1.34. The fourth-order valence-corrected chi connectivity index (χ4v) is 3.12. The fraction of sp³-hybridized carbons (Fsp3) is 0.500. The summed E-state index contributed by atoms with van der Waals surface area (Å²) < 4.78 is 5.44. The van der Waals surface area contributed by atoms with E-state index in [9.17, 15) is 4.79 Å². The maximum atomic E-state index is 12.2. The molecule has 1 amide bonds. The molecule has 1 aliphatic heterocycles. The number of halogens is 1. The van der Waals surface area contributed by atoms with E-state index in [1.807, 2.05) is 39.8 Å². The van der Waals surface area contributed by atoms with Crippen LogP contribution in [0.3, 0.4) is 0 Å². The molecule has 1 fully saturated rings. The monoisotopic (exact) mass is 362 g/mol. The third kappa shape index (κ3) is 4.12. The van der Waals surface area contributed by atoms with Gasteiger partial charge in [-0.15, -0.1) is 0 Å². The molecule has 0 atom stereocenters. The van der Waals surface area contributed by atoms with E-state index in [0.717, 1.165) is 22.4 Å². The highest BCUT2D eigenvalue weighted by molar-refractivity contribution is 6.34. The Bertz CT molecular complexity index is 795. The standard InChI is InChI=1S/C18H23ClN4O2/c1-12-20-11-13-9-14(19)16(10-15(13)21-12)22-5-7-23(8-6-22)17(24)25-18(2,3)4/h9-11H,5-8H2,1-4H3. The smallest absolute Gasteiger partial charge is 0.410 e. The molecule has 0 unspecified atom stereocenters. The van der Waals surface area contributed by atoms with E-state index in [-0.39, 0.29) is 6.09 Å². The molecule has 2 aromatic rings. The largest absolute Gasteiger partial charge is 0.444 e.